The van der Waals surface area contributed by atoms with E-state index in [-0.39, 0.29) is 5.91 Å². The lowest BCUT2D eigenvalue weighted by Crippen LogP contribution is -2.28. The average molecular weight is 281 g/mol. The van der Waals surface area contributed by atoms with Gasteiger partial charge >= 0.3 is 0 Å². The maximum absolute atomic E-state index is 12.4. The monoisotopic (exact) mass is 281 g/mol. The summed E-state index contributed by atoms with van der Waals surface area (Å²) in [5.41, 5.74) is 7.03. The summed E-state index contributed by atoms with van der Waals surface area (Å²) >= 11 is 0. The first-order valence-corrected chi connectivity index (χ1v) is 6.50. The largest absolute Gasteiger partial charge is 0.403 e. The molecule has 106 valence electrons. The summed E-state index contributed by atoms with van der Waals surface area (Å²) in [6.07, 6.45) is 2.82. The number of carbonyl (C=O) groups is 1. The number of nitrogens with zero attached hydrogens (tertiary/aromatic N) is 3. The van der Waals surface area contributed by atoms with Crippen molar-refractivity contribution in [2.45, 2.75) is 6.54 Å². The molecule has 1 aliphatic rings. The highest BCUT2D eigenvalue weighted by molar-refractivity contribution is 6.09. The number of anilines is 2. The van der Waals surface area contributed by atoms with Gasteiger partial charge in [0.2, 0.25) is 0 Å². The minimum absolute atomic E-state index is 0.0480. The first kappa shape index (κ1) is 13.1. The van der Waals surface area contributed by atoms with Crippen molar-refractivity contribution in [1.29, 1.82) is 0 Å². The molecular weight excluding hydrogens is 266 g/mol. The molecule has 0 spiro atoms. The molecule has 0 saturated heterocycles. The van der Waals surface area contributed by atoms with Gasteiger partial charge in [-0.3, -0.25) is 14.7 Å². The normalized spacial score (nSPS) is 13.8. The van der Waals surface area contributed by atoms with E-state index >= 15 is 0 Å². The van der Waals surface area contributed by atoms with Crippen LogP contribution in [-0.4, -0.2) is 10.9 Å². The van der Waals surface area contributed by atoms with Gasteiger partial charge in [0, 0.05) is 18.0 Å². The number of benzene rings is 1. The summed E-state index contributed by atoms with van der Waals surface area (Å²) in [4.78, 5) is 18.5. The van der Waals surface area contributed by atoms with Crippen molar-refractivity contribution in [3.05, 3.63) is 66.0 Å². The molecule has 6 nitrogen and oxygen atoms in total. The number of hydrogen-bond acceptors (Lipinski definition) is 5. The Hall–Kier alpha value is -2.86. The van der Waals surface area contributed by atoms with Crippen molar-refractivity contribution in [2.75, 3.05) is 9.91 Å². The maximum atomic E-state index is 12.4. The van der Waals surface area contributed by atoms with E-state index in [1.807, 2.05) is 24.3 Å². The standard InChI is InChI=1S/C15H15N5O/c16-8-9-20(17)14-7-3-6-13(18-14)19-10-11-4-1-2-5-12(11)15(19)21/h1-9H,10,16-17H2/b9-8-. The Kier molecular flexibility index (Phi) is 3.29. The van der Waals surface area contributed by atoms with Crippen LogP contribution in [0.4, 0.5) is 11.6 Å². The van der Waals surface area contributed by atoms with Crippen molar-refractivity contribution in [2.24, 2.45) is 11.6 Å². The molecule has 0 bridgehead atoms. The lowest BCUT2D eigenvalue weighted by atomic mass is 10.1. The van der Waals surface area contributed by atoms with Crippen LogP contribution in [0.5, 0.6) is 0 Å². The van der Waals surface area contributed by atoms with Crippen molar-refractivity contribution in [3.63, 3.8) is 0 Å². The van der Waals surface area contributed by atoms with Crippen molar-refractivity contribution >= 4 is 17.5 Å². The third-order valence-electron chi connectivity index (χ3n) is 3.33. The van der Waals surface area contributed by atoms with Gasteiger partial charge in [-0.25, -0.2) is 10.8 Å². The molecular formula is C15H15N5O. The van der Waals surface area contributed by atoms with Crippen LogP contribution in [0.2, 0.25) is 0 Å². The number of fused-ring (bicyclic) bond motifs is 1. The van der Waals surface area contributed by atoms with E-state index in [9.17, 15) is 4.79 Å². The second kappa shape index (κ2) is 5.26. The molecule has 0 fully saturated rings. The molecule has 3 rings (SSSR count). The Morgan fingerprint density at radius 2 is 2.00 bits per heavy atom. The van der Waals surface area contributed by atoms with Gasteiger partial charge in [0.25, 0.3) is 5.91 Å². The molecule has 6 heteroatoms. The smallest absolute Gasteiger partial charge is 0.260 e. The summed E-state index contributed by atoms with van der Waals surface area (Å²) in [5.74, 6) is 6.82. The number of hydrazine groups is 1. The number of hydrogen-bond donors (Lipinski definition) is 2. The Balaban J connectivity index is 1.93. The number of amides is 1. The first-order valence-electron chi connectivity index (χ1n) is 6.50. The SMILES string of the molecule is N/C=C\N(N)c1cccc(N2Cc3ccccc3C2=O)n1. The van der Waals surface area contributed by atoms with E-state index in [0.717, 1.165) is 11.1 Å². The number of carbonyl (C=O) groups excluding carboxylic acids is 1. The fraction of sp³-hybridized carbons (Fsp3) is 0.0667. The number of aromatic nitrogens is 1. The maximum Gasteiger partial charge on any atom is 0.260 e. The minimum Gasteiger partial charge on any atom is -0.403 e. The Morgan fingerprint density at radius 3 is 2.76 bits per heavy atom. The number of pyridine rings is 1. The van der Waals surface area contributed by atoms with Crippen LogP contribution in [0.1, 0.15) is 15.9 Å². The third-order valence-corrected chi connectivity index (χ3v) is 3.33. The fourth-order valence-electron chi connectivity index (χ4n) is 2.31. The van der Waals surface area contributed by atoms with Gasteiger partial charge in [-0.15, -0.1) is 0 Å². The van der Waals surface area contributed by atoms with Crippen LogP contribution in [0, 0.1) is 0 Å². The van der Waals surface area contributed by atoms with Gasteiger partial charge in [-0.1, -0.05) is 24.3 Å². The van der Waals surface area contributed by atoms with Gasteiger partial charge in [-0.05, 0) is 23.8 Å². The van der Waals surface area contributed by atoms with Crippen LogP contribution >= 0.6 is 0 Å². The van der Waals surface area contributed by atoms with E-state index in [2.05, 4.69) is 4.98 Å². The molecule has 1 amide bonds. The van der Waals surface area contributed by atoms with Gasteiger partial charge < -0.3 is 5.73 Å². The van der Waals surface area contributed by atoms with E-state index < -0.39 is 0 Å². The van der Waals surface area contributed by atoms with Crippen molar-refractivity contribution < 1.29 is 4.79 Å². The van der Waals surface area contributed by atoms with Crippen LogP contribution < -0.4 is 21.5 Å². The molecule has 0 atom stereocenters. The van der Waals surface area contributed by atoms with E-state index in [4.69, 9.17) is 11.6 Å². The summed E-state index contributed by atoms with van der Waals surface area (Å²) in [6.45, 7) is 0.517. The molecule has 0 unspecified atom stereocenters. The van der Waals surface area contributed by atoms with E-state index in [1.165, 1.54) is 17.4 Å². The molecule has 0 aliphatic carbocycles. The molecule has 1 aromatic heterocycles. The second-order valence-electron chi connectivity index (χ2n) is 4.65. The molecule has 4 N–H and O–H groups in total. The Bertz CT molecular complexity index is 713. The number of rotatable bonds is 3. The average Bonchev–Trinajstić information content (AvgIpc) is 2.85. The lowest BCUT2D eigenvalue weighted by Gasteiger charge is -2.18. The highest BCUT2D eigenvalue weighted by Gasteiger charge is 2.28. The zero-order valence-electron chi connectivity index (χ0n) is 11.3. The summed E-state index contributed by atoms with van der Waals surface area (Å²) in [7, 11) is 0. The predicted octanol–water partition coefficient (Wildman–Crippen LogP) is 1.35. The molecule has 1 aliphatic heterocycles. The molecule has 0 saturated carbocycles. The first-order chi connectivity index (χ1) is 10.2. The quantitative estimate of drug-likeness (QED) is 0.655. The molecule has 0 radical (unpaired) electrons. The van der Waals surface area contributed by atoms with Crippen LogP contribution in [0.25, 0.3) is 0 Å². The van der Waals surface area contributed by atoms with Crippen LogP contribution in [-0.2, 0) is 6.54 Å². The van der Waals surface area contributed by atoms with E-state index in [1.54, 1.807) is 23.1 Å². The molecule has 2 heterocycles. The molecule has 1 aromatic carbocycles. The highest BCUT2D eigenvalue weighted by Crippen LogP contribution is 2.27. The van der Waals surface area contributed by atoms with Crippen LogP contribution in [0.15, 0.2) is 54.9 Å². The summed E-state index contributed by atoms with van der Waals surface area (Å²) in [5, 5.41) is 1.30. The fourth-order valence-corrected chi connectivity index (χ4v) is 2.31. The van der Waals surface area contributed by atoms with Gasteiger partial charge in [0.05, 0.1) is 6.54 Å². The van der Waals surface area contributed by atoms with Crippen molar-refractivity contribution in [1.82, 2.24) is 4.98 Å². The zero-order valence-corrected chi connectivity index (χ0v) is 11.3. The molecule has 21 heavy (non-hydrogen) atoms. The van der Waals surface area contributed by atoms with Gasteiger partial charge in [0.1, 0.15) is 11.6 Å². The van der Waals surface area contributed by atoms with Gasteiger partial charge in [0.15, 0.2) is 0 Å². The highest BCUT2D eigenvalue weighted by atomic mass is 16.2. The van der Waals surface area contributed by atoms with E-state index in [0.29, 0.717) is 18.2 Å². The minimum atomic E-state index is -0.0480. The topological polar surface area (TPSA) is 88.5 Å². The lowest BCUT2D eigenvalue weighted by molar-refractivity contribution is 0.0996. The Morgan fingerprint density at radius 1 is 1.19 bits per heavy atom. The Labute approximate surface area is 122 Å². The summed E-state index contributed by atoms with van der Waals surface area (Å²) in [6, 6.07) is 12.9. The number of nitrogens with two attached hydrogens (primary N) is 2. The van der Waals surface area contributed by atoms with Crippen molar-refractivity contribution in [3.8, 4) is 0 Å². The summed E-state index contributed by atoms with van der Waals surface area (Å²) < 4.78 is 0. The van der Waals surface area contributed by atoms with Gasteiger partial charge in [-0.2, -0.15) is 0 Å². The molecule has 2 aromatic rings. The predicted molar refractivity (Wildman–Crippen MR) is 81.2 cm³/mol. The third kappa shape index (κ3) is 2.32. The zero-order chi connectivity index (χ0) is 14.8. The van der Waals surface area contributed by atoms with Crippen LogP contribution in [0.3, 0.4) is 0 Å². The second-order valence-corrected chi connectivity index (χ2v) is 4.65.